The molecule has 1 saturated heterocycles. The fourth-order valence-electron chi connectivity index (χ4n) is 3.10. The maximum Gasteiger partial charge on any atom is 0.190 e. The van der Waals surface area contributed by atoms with E-state index in [0.717, 1.165) is 25.0 Å². The third-order valence-electron chi connectivity index (χ3n) is 5.04. The van der Waals surface area contributed by atoms with E-state index in [4.69, 9.17) is 0 Å². The van der Waals surface area contributed by atoms with Gasteiger partial charge in [0.05, 0.1) is 0 Å². The molecule has 24 heavy (non-hydrogen) atoms. The van der Waals surface area contributed by atoms with Gasteiger partial charge in [-0.05, 0) is 18.4 Å². The fourth-order valence-corrected chi connectivity index (χ4v) is 3.10. The zero-order valence-corrected chi connectivity index (χ0v) is 18.8. The molecule has 0 aliphatic carbocycles. The minimum Gasteiger partial charge on any atom is -0.356 e. The van der Waals surface area contributed by atoms with E-state index in [0.29, 0.717) is 5.92 Å². The van der Waals surface area contributed by atoms with Crippen LogP contribution in [0.4, 0.5) is 0 Å². The molecule has 1 unspecified atom stereocenters. The van der Waals surface area contributed by atoms with Crippen LogP contribution in [-0.4, -0.2) is 75.2 Å². The molecular weight excluding hydrogens is 413 g/mol. The molecule has 0 amide bonds. The zero-order chi connectivity index (χ0) is 17.1. The predicted molar refractivity (Wildman–Crippen MR) is 117 cm³/mol. The van der Waals surface area contributed by atoms with Crippen LogP contribution in [0.15, 0.2) is 4.99 Å². The summed E-state index contributed by atoms with van der Waals surface area (Å²) in [5.74, 6) is 2.32. The molecule has 0 saturated carbocycles. The average molecular weight is 453 g/mol. The number of guanidine groups is 1. The Hall–Kier alpha value is -0.0800. The second kappa shape index (κ2) is 14.1. The summed E-state index contributed by atoms with van der Waals surface area (Å²) in [6.45, 7) is 18.3. The normalized spacial score (nSPS) is 18.3. The Morgan fingerprint density at radius 1 is 0.958 bits per heavy atom. The number of hydrogen-bond donors (Lipinski definition) is 2. The van der Waals surface area contributed by atoms with E-state index in [9.17, 15) is 0 Å². The smallest absolute Gasteiger partial charge is 0.190 e. The third-order valence-corrected chi connectivity index (χ3v) is 5.04. The first-order valence-corrected chi connectivity index (χ1v) is 9.52. The number of halogens is 1. The Kier molecular flexibility index (Phi) is 14.1. The van der Waals surface area contributed by atoms with Crippen molar-refractivity contribution < 1.29 is 0 Å². The Bertz CT molecular complexity index is 325. The van der Waals surface area contributed by atoms with Gasteiger partial charge >= 0.3 is 0 Å². The van der Waals surface area contributed by atoms with Gasteiger partial charge in [0.15, 0.2) is 5.96 Å². The lowest BCUT2D eigenvalue weighted by Crippen LogP contribution is -2.48. The lowest BCUT2D eigenvalue weighted by Gasteiger charge is -2.35. The standard InChI is InChI=1S/C18H39N5.HI/c1-6-17(7-2)14-21-18(19-5)20-13-16(4)15-23-11-9-22(8-3)10-12-23;/h16-17H,6-15H2,1-5H3,(H2,19,20,21);1H. The van der Waals surface area contributed by atoms with Crippen LogP contribution in [-0.2, 0) is 0 Å². The van der Waals surface area contributed by atoms with Crippen LogP contribution >= 0.6 is 24.0 Å². The first kappa shape index (κ1) is 23.9. The lowest BCUT2D eigenvalue weighted by molar-refractivity contribution is 0.124. The van der Waals surface area contributed by atoms with E-state index in [2.05, 4.69) is 53.1 Å². The van der Waals surface area contributed by atoms with Gasteiger partial charge in [0, 0.05) is 52.9 Å². The van der Waals surface area contributed by atoms with E-state index in [-0.39, 0.29) is 24.0 Å². The number of piperazine rings is 1. The van der Waals surface area contributed by atoms with Crippen molar-refractivity contribution in [3.8, 4) is 0 Å². The van der Waals surface area contributed by atoms with Crippen LogP contribution in [0, 0.1) is 11.8 Å². The number of hydrogen-bond acceptors (Lipinski definition) is 3. The Balaban J connectivity index is 0.00000529. The van der Waals surface area contributed by atoms with Gasteiger partial charge in [0.1, 0.15) is 0 Å². The van der Waals surface area contributed by atoms with Gasteiger partial charge in [-0.1, -0.05) is 40.5 Å². The second-order valence-electron chi connectivity index (χ2n) is 6.86. The molecule has 0 aromatic heterocycles. The second-order valence-corrected chi connectivity index (χ2v) is 6.86. The minimum atomic E-state index is 0. The molecule has 2 N–H and O–H groups in total. The average Bonchev–Trinajstić information content (AvgIpc) is 2.59. The molecule has 1 aliphatic heterocycles. The van der Waals surface area contributed by atoms with Crippen molar-refractivity contribution in [1.82, 2.24) is 20.4 Å². The first-order chi connectivity index (χ1) is 11.1. The highest BCUT2D eigenvalue weighted by Crippen LogP contribution is 2.06. The molecule has 6 heteroatoms. The molecule has 5 nitrogen and oxygen atoms in total. The molecule has 1 fully saturated rings. The van der Waals surface area contributed by atoms with Gasteiger partial charge in [-0.25, -0.2) is 0 Å². The van der Waals surface area contributed by atoms with Crippen LogP contribution in [0.1, 0.15) is 40.5 Å². The van der Waals surface area contributed by atoms with Crippen LogP contribution < -0.4 is 10.6 Å². The maximum atomic E-state index is 4.34. The highest BCUT2D eigenvalue weighted by atomic mass is 127. The zero-order valence-electron chi connectivity index (χ0n) is 16.5. The maximum absolute atomic E-state index is 4.34. The van der Waals surface area contributed by atoms with Gasteiger partial charge in [0.25, 0.3) is 0 Å². The van der Waals surface area contributed by atoms with Crippen LogP contribution in [0.3, 0.4) is 0 Å². The van der Waals surface area contributed by atoms with Crippen LogP contribution in [0.5, 0.6) is 0 Å². The molecule has 0 aromatic rings. The van der Waals surface area contributed by atoms with Crippen LogP contribution in [0.25, 0.3) is 0 Å². The summed E-state index contributed by atoms with van der Waals surface area (Å²) < 4.78 is 0. The SMILES string of the molecule is CCC(CC)CNC(=NC)NCC(C)CN1CCN(CC)CC1.I. The summed E-state index contributed by atoms with van der Waals surface area (Å²) in [5, 5.41) is 6.95. The highest BCUT2D eigenvalue weighted by molar-refractivity contribution is 14.0. The Labute approximate surface area is 167 Å². The van der Waals surface area contributed by atoms with E-state index < -0.39 is 0 Å². The van der Waals surface area contributed by atoms with Gasteiger partial charge in [-0.15, -0.1) is 24.0 Å². The van der Waals surface area contributed by atoms with E-state index in [1.165, 1.54) is 52.1 Å². The number of nitrogens with zero attached hydrogens (tertiary/aromatic N) is 3. The highest BCUT2D eigenvalue weighted by Gasteiger charge is 2.17. The molecule has 1 atom stereocenters. The van der Waals surface area contributed by atoms with Crippen molar-refractivity contribution in [3.63, 3.8) is 0 Å². The van der Waals surface area contributed by atoms with Crippen LogP contribution in [0.2, 0.25) is 0 Å². The first-order valence-electron chi connectivity index (χ1n) is 9.52. The van der Waals surface area contributed by atoms with Gasteiger partial charge in [0.2, 0.25) is 0 Å². The molecule has 0 bridgehead atoms. The molecule has 1 rings (SSSR count). The summed E-state index contributed by atoms with van der Waals surface area (Å²) in [6.07, 6.45) is 2.45. The molecule has 144 valence electrons. The topological polar surface area (TPSA) is 42.9 Å². The number of likely N-dealkylation sites (N-methyl/N-ethyl adjacent to an activating group) is 1. The van der Waals surface area contributed by atoms with Crippen molar-refractivity contribution in [2.24, 2.45) is 16.8 Å². The molecule has 1 aliphatic rings. The summed E-state index contributed by atoms with van der Waals surface area (Å²) in [5.41, 5.74) is 0. The minimum absolute atomic E-state index is 0. The van der Waals surface area contributed by atoms with Gasteiger partial charge in [-0.2, -0.15) is 0 Å². The lowest BCUT2D eigenvalue weighted by atomic mass is 10.0. The summed E-state index contributed by atoms with van der Waals surface area (Å²) in [7, 11) is 1.86. The fraction of sp³-hybridized carbons (Fsp3) is 0.944. The van der Waals surface area contributed by atoms with E-state index in [1.54, 1.807) is 0 Å². The van der Waals surface area contributed by atoms with E-state index >= 15 is 0 Å². The number of nitrogens with one attached hydrogen (secondary N) is 2. The molecule has 0 radical (unpaired) electrons. The molecule has 1 heterocycles. The van der Waals surface area contributed by atoms with Gasteiger partial charge in [-0.3, -0.25) is 4.99 Å². The summed E-state index contributed by atoms with van der Waals surface area (Å²) in [4.78, 5) is 9.47. The van der Waals surface area contributed by atoms with Gasteiger partial charge < -0.3 is 20.4 Å². The third kappa shape index (κ3) is 9.42. The quantitative estimate of drug-likeness (QED) is 0.320. The van der Waals surface area contributed by atoms with Crippen molar-refractivity contribution in [2.75, 3.05) is 59.4 Å². The number of aliphatic imine (C=N–C) groups is 1. The van der Waals surface area contributed by atoms with Crippen molar-refractivity contribution >= 4 is 29.9 Å². The largest absolute Gasteiger partial charge is 0.356 e. The van der Waals surface area contributed by atoms with Crippen molar-refractivity contribution in [1.29, 1.82) is 0 Å². The monoisotopic (exact) mass is 453 g/mol. The molecule has 0 aromatic carbocycles. The molecule has 0 spiro atoms. The molecular formula is C18H40IN5. The number of rotatable bonds is 9. The van der Waals surface area contributed by atoms with Crippen molar-refractivity contribution in [2.45, 2.75) is 40.5 Å². The summed E-state index contributed by atoms with van der Waals surface area (Å²) in [6, 6.07) is 0. The predicted octanol–water partition coefficient (Wildman–Crippen LogP) is 2.48. The van der Waals surface area contributed by atoms with Crippen molar-refractivity contribution in [3.05, 3.63) is 0 Å². The Morgan fingerprint density at radius 3 is 2.00 bits per heavy atom. The Morgan fingerprint density at radius 2 is 1.50 bits per heavy atom. The van der Waals surface area contributed by atoms with E-state index in [1.807, 2.05) is 7.05 Å². The summed E-state index contributed by atoms with van der Waals surface area (Å²) >= 11 is 0.